The van der Waals surface area contributed by atoms with Gasteiger partial charge >= 0.3 is 0 Å². The molecule has 23 heavy (non-hydrogen) atoms. The minimum absolute atomic E-state index is 0.0596. The maximum atomic E-state index is 12.5. The number of anilines is 2. The van der Waals surface area contributed by atoms with Crippen molar-refractivity contribution < 1.29 is 13.9 Å². The van der Waals surface area contributed by atoms with Crippen LogP contribution in [0, 0.1) is 0 Å². The third-order valence-electron chi connectivity index (χ3n) is 3.36. The number of hydrogen-bond donors (Lipinski definition) is 1. The van der Waals surface area contributed by atoms with Gasteiger partial charge in [-0.05, 0) is 30.3 Å². The van der Waals surface area contributed by atoms with Crippen molar-refractivity contribution in [3.63, 3.8) is 0 Å². The van der Waals surface area contributed by atoms with Gasteiger partial charge in [-0.1, -0.05) is 23.7 Å². The largest absolute Gasteiger partial charge is 0.495 e. The Morgan fingerprint density at radius 1 is 1.22 bits per heavy atom. The van der Waals surface area contributed by atoms with Crippen molar-refractivity contribution in [3.05, 3.63) is 63.3 Å². The Balaban J connectivity index is 2.19. The van der Waals surface area contributed by atoms with Gasteiger partial charge in [0.25, 0.3) is 0 Å². The maximum absolute atomic E-state index is 12.5. The van der Waals surface area contributed by atoms with Crippen LogP contribution in [-0.2, 0) is 0 Å². The highest BCUT2D eigenvalue weighted by molar-refractivity contribution is 6.31. The summed E-state index contributed by atoms with van der Waals surface area (Å²) in [5.41, 5.74) is 0.365. The van der Waals surface area contributed by atoms with Gasteiger partial charge in [0.05, 0.1) is 18.2 Å². The highest BCUT2D eigenvalue weighted by Crippen LogP contribution is 2.29. The Kier molecular flexibility index (Phi) is 4.04. The van der Waals surface area contributed by atoms with Crippen LogP contribution in [0.2, 0.25) is 5.02 Å². The number of ether oxygens (including phenoxy) is 1. The first kappa shape index (κ1) is 15.1. The smallest absolute Gasteiger partial charge is 0.212 e. The molecule has 1 N–H and O–H groups in total. The van der Waals surface area contributed by atoms with Crippen molar-refractivity contribution in [3.8, 4) is 5.75 Å². The number of fused-ring (bicyclic) bond motifs is 1. The lowest BCUT2D eigenvalue weighted by molar-refractivity contribution is 0.112. The zero-order valence-corrected chi connectivity index (χ0v) is 12.9. The summed E-state index contributed by atoms with van der Waals surface area (Å²) < 4.78 is 10.9. The fourth-order valence-corrected chi connectivity index (χ4v) is 2.42. The molecule has 0 spiro atoms. The molecule has 0 aliphatic heterocycles. The molecule has 0 aliphatic carbocycles. The van der Waals surface area contributed by atoms with E-state index >= 15 is 0 Å². The normalized spacial score (nSPS) is 10.5. The number of aldehydes is 1. The quantitative estimate of drug-likeness (QED) is 0.732. The van der Waals surface area contributed by atoms with Gasteiger partial charge in [0, 0.05) is 5.02 Å². The van der Waals surface area contributed by atoms with Gasteiger partial charge in [-0.15, -0.1) is 0 Å². The average Bonchev–Trinajstić information content (AvgIpc) is 2.56. The van der Waals surface area contributed by atoms with Gasteiger partial charge in [0.1, 0.15) is 16.9 Å². The van der Waals surface area contributed by atoms with E-state index in [9.17, 15) is 9.59 Å². The summed E-state index contributed by atoms with van der Waals surface area (Å²) in [5, 5.41) is 3.58. The molecule has 5 nitrogen and oxygen atoms in total. The Morgan fingerprint density at radius 2 is 2.00 bits per heavy atom. The fraction of sp³-hybridized carbons (Fsp3) is 0.0588. The fourth-order valence-electron chi connectivity index (χ4n) is 2.25. The van der Waals surface area contributed by atoms with Gasteiger partial charge in [-0.25, -0.2) is 0 Å². The van der Waals surface area contributed by atoms with Gasteiger partial charge < -0.3 is 14.5 Å². The van der Waals surface area contributed by atoms with Gasteiger partial charge in [-0.2, -0.15) is 0 Å². The number of nitrogens with one attached hydrogen (secondary N) is 1. The molecule has 1 aromatic heterocycles. The topological polar surface area (TPSA) is 68.5 Å². The van der Waals surface area contributed by atoms with Crippen LogP contribution in [0.1, 0.15) is 10.4 Å². The molecular weight excluding hydrogens is 318 g/mol. The first-order chi connectivity index (χ1) is 11.1. The number of methoxy groups -OCH3 is 1. The zero-order valence-electron chi connectivity index (χ0n) is 12.1. The summed E-state index contributed by atoms with van der Waals surface area (Å²) in [4.78, 5) is 23.8. The lowest BCUT2D eigenvalue weighted by atomic mass is 10.1. The van der Waals surface area contributed by atoms with Crippen LogP contribution in [0.4, 0.5) is 11.6 Å². The lowest BCUT2D eigenvalue weighted by Crippen LogP contribution is -2.12. The number of halogens is 1. The van der Waals surface area contributed by atoms with E-state index in [0.29, 0.717) is 28.3 Å². The van der Waals surface area contributed by atoms with Crippen LogP contribution in [0.5, 0.6) is 5.75 Å². The highest BCUT2D eigenvalue weighted by atomic mass is 35.5. The Labute approximate surface area is 136 Å². The van der Waals surface area contributed by atoms with E-state index in [1.807, 2.05) is 6.07 Å². The van der Waals surface area contributed by atoms with E-state index in [0.717, 1.165) is 0 Å². The summed E-state index contributed by atoms with van der Waals surface area (Å²) in [6.07, 6.45) is 0.462. The second-order valence-electron chi connectivity index (χ2n) is 4.76. The van der Waals surface area contributed by atoms with Gasteiger partial charge in [0.2, 0.25) is 11.3 Å². The molecule has 0 radical (unpaired) electrons. The van der Waals surface area contributed by atoms with Crippen molar-refractivity contribution in [2.45, 2.75) is 0 Å². The predicted molar refractivity (Wildman–Crippen MR) is 89.2 cm³/mol. The summed E-state index contributed by atoms with van der Waals surface area (Å²) in [6.45, 7) is 0. The van der Waals surface area contributed by atoms with E-state index in [1.165, 1.54) is 13.2 Å². The number of carbonyl (C=O) groups is 1. The molecule has 0 unspecified atom stereocenters. The van der Waals surface area contributed by atoms with Crippen LogP contribution in [0.3, 0.4) is 0 Å². The first-order valence-electron chi connectivity index (χ1n) is 6.75. The molecule has 0 amide bonds. The molecule has 0 atom stereocenters. The van der Waals surface area contributed by atoms with Gasteiger partial charge in [0.15, 0.2) is 6.29 Å². The third-order valence-corrected chi connectivity index (χ3v) is 3.60. The molecule has 3 rings (SSSR count). The van der Waals surface area contributed by atoms with E-state index < -0.39 is 5.43 Å². The molecule has 0 fully saturated rings. The average molecular weight is 330 g/mol. The van der Waals surface area contributed by atoms with E-state index in [2.05, 4.69) is 5.32 Å². The predicted octanol–water partition coefficient (Wildman–Crippen LogP) is 4.01. The molecular formula is C17H12ClNO4. The van der Waals surface area contributed by atoms with Crippen molar-refractivity contribution in [2.24, 2.45) is 0 Å². The molecule has 1 heterocycles. The van der Waals surface area contributed by atoms with Crippen LogP contribution >= 0.6 is 11.6 Å². The third kappa shape index (κ3) is 2.78. The van der Waals surface area contributed by atoms with Crippen molar-refractivity contribution in [1.29, 1.82) is 0 Å². The Hall–Kier alpha value is -2.79. The Morgan fingerprint density at radius 3 is 2.74 bits per heavy atom. The molecule has 116 valence electrons. The second-order valence-corrected chi connectivity index (χ2v) is 5.19. The SMILES string of the molecule is COc1ccccc1Nc1oc2ccc(Cl)cc2c(=O)c1C=O. The molecule has 0 bridgehead atoms. The van der Waals surface area contributed by atoms with Crippen LogP contribution in [-0.4, -0.2) is 13.4 Å². The Bertz CT molecular complexity index is 949. The number of para-hydroxylation sites is 2. The number of carbonyl (C=O) groups excluding carboxylic acids is 1. The monoisotopic (exact) mass is 329 g/mol. The van der Waals surface area contributed by atoms with E-state index in [-0.39, 0.29) is 16.8 Å². The molecule has 6 heteroatoms. The highest BCUT2D eigenvalue weighted by Gasteiger charge is 2.15. The van der Waals surface area contributed by atoms with Crippen LogP contribution in [0.25, 0.3) is 11.0 Å². The lowest BCUT2D eigenvalue weighted by Gasteiger charge is -2.12. The second kappa shape index (κ2) is 6.14. The zero-order chi connectivity index (χ0) is 16.4. The maximum Gasteiger partial charge on any atom is 0.212 e. The molecule has 3 aromatic rings. The van der Waals surface area contributed by atoms with Crippen molar-refractivity contribution in [1.82, 2.24) is 0 Å². The number of hydrogen-bond acceptors (Lipinski definition) is 5. The summed E-state index contributed by atoms with van der Waals surface area (Å²) in [6, 6.07) is 11.8. The summed E-state index contributed by atoms with van der Waals surface area (Å²) in [7, 11) is 1.53. The number of rotatable bonds is 4. The molecule has 2 aromatic carbocycles. The summed E-state index contributed by atoms with van der Waals surface area (Å²) >= 11 is 5.89. The van der Waals surface area contributed by atoms with Crippen molar-refractivity contribution in [2.75, 3.05) is 12.4 Å². The minimum atomic E-state index is -0.443. The van der Waals surface area contributed by atoms with E-state index in [1.54, 1.807) is 30.3 Å². The minimum Gasteiger partial charge on any atom is -0.495 e. The van der Waals surface area contributed by atoms with Crippen molar-refractivity contribution >= 4 is 40.4 Å². The van der Waals surface area contributed by atoms with Crippen LogP contribution in [0.15, 0.2) is 51.7 Å². The van der Waals surface area contributed by atoms with Gasteiger partial charge in [-0.3, -0.25) is 9.59 Å². The number of benzene rings is 2. The first-order valence-corrected chi connectivity index (χ1v) is 7.13. The molecule has 0 saturated heterocycles. The summed E-state index contributed by atoms with van der Waals surface area (Å²) in [5.74, 6) is 0.618. The standard InChI is InChI=1S/C17H12ClNO4/c1-22-15-5-3-2-4-13(15)19-17-12(9-20)16(21)11-8-10(18)6-7-14(11)23-17/h2-9,19H,1H3. The van der Waals surface area contributed by atoms with Crippen LogP contribution < -0.4 is 15.5 Å². The van der Waals surface area contributed by atoms with E-state index in [4.69, 9.17) is 20.8 Å². The molecule has 0 saturated carbocycles. The molecule has 0 aliphatic rings.